The molecular weight excluding hydrogens is 330 g/mol. The van der Waals surface area contributed by atoms with Gasteiger partial charge >= 0.3 is 0 Å². The molecule has 0 amide bonds. The number of pyridine rings is 1. The van der Waals surface area contributed by atoms with E-state index in [1.54, 1.807) is 18.3 Å². The third kappa shape index (κ3) is 3.09. The van der Waals surface area contributed by atoms with Gasteiger partial charge in [0.15, 0.2) is 0 Å². The molecule has 6 heteroatoms. The van der Waals surface area contributed by atoms with Gasteiger partial charge in [-0.2, -0.15) is 0 Å². The van der Waals surface area contributed by atoms with Crippen LogP contribution in [-0.4, -0.2) is 4.98 Å². The highest BCUT2D eigenvalue weighted by atomic mass is 79.9. The number of hydrogen-bond donors (Lipinski definition) is 1. The summed E-state index contributed by atoms with van der Waals surface area (Å²) in [7, 11) is 0. The number of nitrogens with one attached hydrogen (secondary N) is 1. The summed E-state index contributed by atoms with van der Waals surface area (Å²) in [5.74, 6) is -0.403. The molecule has 1 heterocycles. The Morgan fingerprint density at radius 1 is 1.24 bits per heavy atom. The molecule has 0 atom stereocenters. The van der Waals surface area contributed by atoms with Crippen LogP contribution in [0.1, 0.15) is 0 Å². The molecule has 0 saturated carbocycles. The summed E-state index contributed by atoms with van der Waals surface area (Å²) in [6, 6.07) is 5.94. The Hall–Kier alpha value is -0.840. The first-order valence-electron chi connectivity index (χ1n) is 4.59. The molecule has 1 aromatic carbocycles. The second-order valence-electron chi connectivity index (χ2n) is 3.24. The molecule has 1 aromatic heterocycles. The smallest absolute Gasteiger partial charge is 0.131 e. The van der Waals surface area contributed by atoms with Gasteiger partial charge in [0.2, 0.25) is 0 Å². The fourth-order valence-corrected chi connectivity index (χ4v) is 2.36. The van der Waals surface area contributed by atoms with Crippen LogP contribution in [0.15, 0.2) is 34.9 Å². The molecule has 0 fully saturated rings. The highest BCUT2D eigenvalue weighted by Crippen LogP contribution is 2.34. The minimum Gasteiger partial charge on any atom is -0.353 e. The predicted molar refractivity (Wildman–Crippen MR) is 71.6 cm³/mol. The molecule has 0 spiro atoms. The first kappa shape index (κ1) is 12.6. The van der Waals surface area contributed by atoms with Crippen molar-refractivity contribution in [2.24, 2.45) is 0 Å². The fraction of sp³-hybridized carbons (Fsp3) is 0. The van der Waals surface area contributed by atoms with Crippen molar-refractivity contribution in [1.82, 2.24) is 4.98 Å². The van der Waals surface area contributed by atoms with Crippen molar-refractivity contribution in [3.8, 4) is 0 Å². The lowest BCUT2D eigenvalue weighted by Gasteiger charge is -2.10. The average molecular weight is 336 g/mol. The van der Waals surface area contributed by atoms with E-state index in [2.05, 4.69) is 26.2 Å². The Morgan fingerprint density at radius 3 is 2.65 bits per heavy atom. The van der Waals surface area contributed by atoms with Crippen LogP contribution in [0.3, 0.4) is 0 Å². The topological polar surface area (TPSA) is 24.9 Å². The summed E-state index contributed by atoms with van der Waals surface area (Å²) in [6.45, 7) is 0. The van der Waals surface area contributed by atoms with Gasteiger partial charge in [-0.1, -0.05) is 23.2 Å². The third-order valence-corrected chi connectivity index (χ3v) is 3.13. The van der Waals surface area contributed by atoms with E-state index in [1.165, 1.54) is 12.1 Å². The molecule has 2 nitrogen and oxygen atoms in total. The van der Waals surface area contributed by atoms with Gasteiger partial charge in [-0.15, -0.1) is 0 Å². The van der Waals surface area contributed by atoms with Gasteiger partial charge < -0.3 is 5.32 Å². The fourth-order valence-electron chi connectivity index (χ4n) is 1.29. The van der Waals surface area contributed by atoms with Gasteiger partial charge in [-0.05, 0) is 40.2 Å². The van der Waals surface area contributed by atoms with E-state index in [1.807, 2.05) is 0 Å². The summed E-state index contributed by atoms with van der Waals surface area (Å²) in [4.78, 5) is 3.86. The lowest BCUT2D eigenvalue weighted by molar-refractivity contribution is 0.627. The van der Waals surface area contributed by atoms with E-state index in [-0.39, 0.29) is 5.02 Å². The number of nitrogens with zero attached hydrogens (tertiary/aromatic N) is 1. The Balaban J connectivity index is 2.36. The van der Waals surface area contributed by atoms with Crippen LogP contribution in [0.2, 0.25) is 10.2 Å². The average Bonchev–Trinajstić information content (AvgIpc) is 2.23. The van der Waals surface area contributed by atoms with Crippen molar-refractivity contribution < 1.29 is 4.39 Å². The molecule has 0 aliphatic rings. The first-order valence-corrected chi connectivity index (χ1v) is 6.14. The van der Waals surface area contributed by atoms with Crippen molar-refractivity contribution >= 4 is 50.5 Å². The highest BCUT2D eigenvalue weighted by Gasteiger charge is 2.08. The second-order valence-corrected chi connectivity index (χ2v) is 4.89. The van der Waals surface area contributed by atoms with Gasteiger partial charge in [0.1, 0.15) is 11.0 Å². The van der Waals surface area contributed by atoms with Gasteiger partial charge in [-0.25, -0.2) is 9.37 Å². The molecule has 0 bridgehead atoms. The minimum atomic E-state index is -0.403. The molecule has 0 radical (unpaired) electrons. The highest BCUT2D eigenvalue weighted by molar-refractivity contribution is 9.10. The molecule has 0 aliphatic heterocycles. The van der Waals surface area contributed by atoms with Crippen LogP contribution >= 0.6 is 39.1 Å². The zero-order valence-corrected chi connectivity index (χ0v) is 11.4. The Bertz CT molecular complexity index is 540. The van der Waals surface area contributed by atoms with Crippen LogP contribution in [0.4, 0.5) is 15.8 Å². The monoisotopic (exact) mass is 334 g/mol. The maximum absolute atomic E-state index is 13.0. The number of halogens is 4. The first-order chi connectivity index (χ1) is 8.06. The number of anilines is 2. The van der Waals surface area contributed by atoms with Gasteiger partial charge in [0.25, 0.3) is 0 Å². The standard InChI is InChI=1S/C11H6BrCl2FN2/c12-8-3-6(15)4-9(13)11(8)17-7-1-2-16-10(14)5-7/h1-5H,(H,16,17). The summed E-state index contributed by atoms with van der Waals surface area (Å²) >= 11 is 14.9. The SMILES string of the molecule is Fc1cc(Cl)c(Nc2ccnc(Cl)c2)c(Br)c1. The third-order valence-electron chi connectivity index (χ3n) is 2.00. The van der Waals surface area contributed by atoms with Gasteiger partial charge in [0.05, 0.1) is 10.7 Å². The number of rotatable bonds is 2. The van der Waals surface area contributed by atoms with Crippen LogP contribution in [-0.2, 0) is 0 Å². The van der Waals surface area contributed by atoms with E-state index in [4.69, 9.17) is 23.2 Å². The molecule has 2 aromatic rings. The Kier molecular flexibility index (Phi) is 3.86. The van der Waals surface area contributed by atoms with Gasteiger partial charge in [-0.3, -0.25) is 0 Å². The normalized spacial score (nSPS) is 10.4. The summed E-state index contributed by atoms with van der Waals surface area (Å²) in [5.41, 5.74) is 1.30. The van der Waals surface area contributed by atoms with Crippen LogP contribution in [0, 0.1) is 5.82 Å². The molecule has 0 unspecified atom stereocenters. The van der Waals surface area contributed by atoms with Crippen molar-refractivity contribution in [1.29, 1.82) is 0 Å². The van der Waals surface area contributed by atoms with Crippen molar-refractivity contribution in [2.75, 3.05) is 5.32 Å². The maximum atomic E-state index is 13.0. The maximum Gasteiger partial charge on any atom is 0.131 e. The molecular formula is C11H6BrCl2FN2. The van der Waals surface area contributed by atoms with Crippen molar-refractivity contribution in [2.45, 2.75) is 0 Å². The number of benzene rings is 1. The van der Waals surface area contributed by atoms with E-state index in [9.17, 15) is 4.39 Å². The molecule has 0 aliphatic carbocycles. The molecule has 17 heavy (non-hydrogen) atoms. The zero-order chi connectivity index (χ0) is 12.4. The second kappa shape index (κ2) is 5.21. The zero-order valence-electron chi connectivity index (χ0n) is 8.35. The van der Waals surface area contributed by atoms with Crippen LogP contribution in [0.5, 0.6) is 0 Å². The number of hydrogen-bond acceptors (Lipinski definition) is 2. The Labute approximate surface area is 116 Å². The molecule has 0 saturated heterocycles. The van der Waals surface area contributed by atoms with E-state index in [0.717, 1.165) is 5.69 Å². The minimum absolute atomic E-state index is 0.282. The molecule has 2 rings (SSSR count). The lowest BCUT2D eigenvalue weighted by Crippen LogP contribution is -1.94. The Morgan fingerprint density at radius 2 is 2.00 bits per heavy atom. The van der Waals surface area contributed by atoms with E-state index < -0.39 is 5.82 Å². The quantitative estimate of drug-likeness (QED) is 0.778. The number of aromatic nitrogens is 1. The van der Waals surface area contributed by atoms with Crippen molar-refractivity contribution in [3.05, 3.63) is 50.9 Å². The lowest BCUT2D eigenvalue weighted by atomic mass is 10.3. The summed E-state index contributed by atoms with van der Waals surface area (Å²) in [6.07, 6.45) is 1.57. The van der Waals surface area contributed by atoms with E-state index in [0.29, 0.717) is 15.3 Å². The molecule has 1 N–H and O–H groups in total. The van der Waals surface area contributed by atoms with Crippen LogP contribution in [0.25, 0.3) is 0 Å². The summed E-state index contributed by atoms with van der Waals surface area (Å²) < 4.78 is 13.6. The predicted octanol–water partition coefficient (Wildman–Crippen LogP) is 5.03. The van der Waals surface area contributed by atoms with E-state index >= 15 is 0 Å². The van der Waals surface area contributed by atoms with Crippen molar-refractivity contribution in [3.63, 3.8) is 0 Å². The summed E-state index contributed by atoms with van der Waals surface area (Å²) in [5, 5.41) is 3.69. The largest absolute Gasteiger partial charge is 0.353 e. The van der Waals surface area contributed by atoms with Crippen LogP contribution < -0.4 is 5.32 Å². The van der Waals surface area contributed by atoms with Gasteiger partial charge in [0, 0.05) is 16.4 Å². The molecule has 88 valence electrons.